The van der Waals surface area contributed by atoms with Gasteiger partial charge in [0.1, 0.15) is 11.6 Å². The summed E-state index contributed by atoms with van der Waals surface area (Å²) in [6.45, 7) is 3.27. The van der Waals surface area contributed by atoms with E-state index >= 15 is 0 Å². The van der Waals surface area contributed by atoms with Crippen molar-refractivity contribution in [3.05, 3.63) is 36.0 Å². The van der Waals surface area contributed by atoms with E-state index in [0.717, 1.165) is 18.9 Å². The van der Waals surface area contributed by atoms with Gasteiger partial charge in [0, 0.05) is 0 Å². The second kappa shape index (κ2) is 8.47. The smallest absolute Gasteiger partial charge is 0.413 e. The Morgan fingerprint density at radius 2 is 1.92 bits per heavy atom. The highest BCUT2D eigenvalue weighted by atomic mass is 32.2. The van der Waals surface area contributed by atoms with Gasteiger partial charge in [0.15, 0.2) is 6.10 Å². The molecular weight excluding hydrogens is 353 g/mol. The van der Waals surface area contributed by atoms with E-state index in [1.54, 1.807) is 13.8 Å². The number of carbonyl (C=O) groups excluding carboxylic acids is 2. The molecule has 2 atom stereocenters. The minimum atomic E-state index is -0.843. The monoisotopic (exact) mass is 369 g/mol. The molecule has 0 aliphatic rings. The average molecular weight is 369 g/mol. The lowest BCUT2D eigenvalue weighted by atomic mass is 10.3. The number of amides is 2. The third-order valence-electron chi connectivity index (χ3n) is 2.95. The molecule has 2 rings (SSSR count). The number of ether oxygens (including phenoxy) is 2. The van der Waals surface area contributed by atoms with Gasteiger partial charge in [0.05, 0.1) is 12.4 Å². The maximum absolute atomic E-state index is 12.9. The number of hydrogen-bond acceptors (Lipinski definition) is 8. The summed E-state index contributed by atoms with van der Waals surface area (Å²) in [6.07, 6.45) is -1.41. The third kappa shape index (κ3) is 5.45. The Morgan fingerprint density at radius 3 is 2.56 bits per heavy atom. The molecule has 1 N–H and O–H groups in total. The van der Waals surface area contributed by atoms with Gasteiger partial charge in [0.25, 0.3) is 11.1 Å². The number of halogens is 1. The van der Waals surface area contributed by atoms with Gasteiger partial charge >= 0.3 is 6.09 Å². The van der Waals surface area contributed by atoms with Gasteiger partial charge in [-0.05, 0) is 38.1 Å². The maximum atomic E-state index is 12.9. The van der Waals surface area contributed by atoms with Crippen molar-refractivity contribution >= 4 is 23.8 Å². The first kappa shape index (κ1) is 18.7. The van der Waals surface area contributed by atoms with Crippen molar-refractivity contribution in [3.8, 4) is 5.75 Å². The zero-order chi connectivity index (χ0) is 18.4. The molecule has 1 aromatic carbocycles. The van der Waals surface area contributed by atoms with Crippen LogP contribution < -0.4 is 10.1 Å². The van der Waals surface area contributed by atoms with Gasteiger partial charge < -0.3 is 13.9 Å². The number of carbonyl (C=O) groups is 2. The van der Waals surface area contributed by atoms with Crippen molar-refractivity contribution in [2.75, 3.05) is 7.11 Å². The SMILES string of the molecule is COC(=O)NC(=O)[C@H](C)Sc1nnc([C@H](C)Oc2ccc(F)cc2)o1. The molecular formula is C15H16FN3O5S. The fourth-order valence-electron chi connectivity index (χ4n) is 1.66. The lowest BCUT2D eigenvalue weighted by molar-refractivity contribution is -0.119. The lowest BCUT2D eigenvalue weighted by Crippen LogP contribution is -2.35. The van der Waals surface area contributed by atoms with E-state index in [9.17, 15) is 14.0 Å². The fourth-order valence-corrected chi connectivity index (χ4v) is 2.35. The van der Waals surface area contributed by atoms with Crippen molar-refractivity contribution in [3.63, 3.8) is 0 Å². The molecule has 1 heterocycles. The van der Waals surface area contributed by atoms with Gasteiger partial charge in [-0.15, -0.1) is 10.2 Å². The first-order chi connectivity index (χ1) is 11.9. The maximum Gasteiger partial charge on any atom is 0.413 e. The second-order valence-electron chi connectivity index (χ2n) is 4.86. The summed E-state index contributed by atoms with van der Waals surface area (Å²) in [5.41, 5.74) is 0. The molecule has 0 spiro atoms. The molecule has 134 valence electrons. The van der Waals surface area contributed by atoms with Crippen LogP contribution in [-0.4, -0.2) is 34.6 Å². The Kier molecular flexibility index (Phi) is 6.34. The van der Waals surface area contributed by atoms with Crippen molar-refractivity contribution in [2.24, 2.45) is 0 Å². The largest absolute Gasteiger partial charge is 0.481 e. The number of nitrogens with zero attached hydrogens (tertiary/aromatic N) is 2. The molecule has 8 nitrogen and oxygen atoms in total. The highest BCUT2D eigenvalue weighted by Gasteiger charge is 2.22. The lowest BCUT2D eigenvalue weighted by Gasteiger charge is -2.10. The molecule has 25 heavy (non-hydrogen) atoms. The second-order valence-corrected chi connectivity index (χ2v) is 6.15. The third-order valence-corrected chi connectivity index (χ3v) is 3.89. The predicted octanol–water partition coefficient (Wildman–Crippen LogP) is 2.71. The van der Waals surface area contributed by atoms with Gasteiger partial charge in [-0.2, -0.15) is 0 Å². The number of rotatable bonds is 6. The molecule has 10 heteroatoms. The van der Waals surface area contributed by atoms with Crippen LogP contribution in [-0.2, 0) is 9.53 Å². The van der Waals surface area contributed by atoms with Crippen LogP contribution in [0, 0.1) is 5.82 Å². The number of hydrogen-bond donors (Lipinski definition) is 1. The molecule has 0 aliphatic heterocycles. The molecule has 0 radical (unpaired) electrons. The van der Waals surface area contributed by atoms with Crippen LogP contribution in [0.3, 0.4) is 0 Å². The van der Waals surface area contributed by atoms with E-state index in [-0.39, 0.29) is 16.9 Å². The number of imide groups is 1. The fraction of sp³-hybridized carbons (Fsp3) is 0.333. The van der Waals surface area contributed by atoms with Crippen LogP contribution >= 0.6 is 11.8 Å². The topological polar surface area (TPSA) is 104 Å². The summed E-state index contributed by atoms with van der Waals surface area (Å²) in [5.74, 6) is -0.262. The van der Waals surface area contributed by atoms with E-state index in [4.69, 9.17) is 9.15 Å². The van der Waals surface area contributed by atoms with Crippen LogP contribution in [0.25, 0.3) is 0 Å². The van der Waals surface area contributed by atoms with Crippen LogP contribution in [0.15, 0.2) is 33.9 Å². The van der Waals surface area contributed by atoms with Crippen molar-refractivity contribution in [2.45, 2.75) is 30.4 Å². The number of alkyl carbamates (subject to hydrolysis) is 1. The van der Waals surface area contributed by atoms with Gasteiger partial charge in [-0.3, -0.25) is 10.1 Å². The zero-order valence-corrected chi connectivity index (χ0v) is 14.5. The Bertz CT molecular complexity index is 737. The number of methoxy groups -OCH3 is 1. The van der Waals surface area contributed by atoms with Gasteiger partial charge in [-0.1, -0.05) is 11.8 Å². The zero-order valence-electron chi connectivity index (χ0n) is 13.7. The van der Waals surface area contributed by atoms with E-state index in [1.165, 1.54) is 24.3 Å². The van der Waals surface area contributed by atoms with Crippen molar-refractivity contribution in [1.82, 2.24) is 15.5 Å². The van der Waals surface area contributed by atoms with Crippen molar-refractivity contribution < 1.29 is 27.9 Å². The molecule has 0 unspecified atom stereocenters. The normalized spacial score (nSPS) is 13.0. The van der Waals surface area contributed by atoms with Crippen molar-refractivity contribution in [1.29, 1.82) is 0 Å². The van der Waals surface area contributed by atoms with Crippen LogP contribution in [0.5, 0.6) is 5.75 Å². The van der Waals surface area contributed by atoms with E-state index in [2.05, 4.69) is 20.3 Å². The van der Waals surface area contributed by atoms with E-state index in [0.29, 0.717) is 5.75 Å². The van der Waals surface area contributed by atoms with Gasteiger partial charge in [0.2, 0.25) is 5.91 Å². The quantitative estimate of drug-likeness (QED) is 0.775. The molecule has 1 aromatic heterocycles. The minimum absolute atomic E-state index is 0.150. The average Bonchev–Trinajstić information content (AvgIpc) is 3.05. The Labute approximate surface area is 147 Å². The molecule has 0 fully saturated rings. The summed E-state index contributed by atoms with van der Waals surface area (Å²) in [6, 6.07) is 5.52. The highest BCUT2D eigenvalue weighted by Crippen LogP contribution is 2.26. The summed E-state index contributed by atoms with van der Waals surface area (Å²) in [7, 11) is 1.16. The standard InChI is InChI=1S/C15H16FN3O5S/c1-8(23-11-6-4-10(16)5-7-11)13-18-19-15(24-13)25-9(2)12(20)17-14(21)22-3/h4-9H,1-3H3,(H,17,20,21)/t8-,9-/m0/s1. The minimum Gasteiger partial charge on any atom is -0.481 e. The number of nitrogens with one attached hydrogen (secondary N) is 1. The molecule has 0 bridgehead atoms. The first-order valence-corrected chi connectivity index (χ1v) is 8.08. The van der Waals surface area contributed by atoms with Crippen LogP contribution in [0.1, 0.15) is 25.8 Å². The van der Waals surface area contributed by atoms with E-state index in [1.807, 2.05) is 0 Å². The summed E-state index contributed by atoms with van der Waals surface area (Å²) in [5, 5.41) is 9.23. The van der Waals surface area contributed by atoms with Crippen LogP contribution in [0.4, 0.5) is 9.18 Å². The molecule has 2 aromatic rings. The highest BCUT2D eigenvalue weighted by molar-refractivity contribution is 8.00. The Morgan fingerprint density at radius 1 is 1.24 bits per heavy atom. The summed E-state index contributed by atoms with van der Waals surface area (Å²) >= 11 is 0.985. The van der Waals surface area contributed by atoms with Crippen LogP contribution in [0.2, 0.25) is 0 Å². The van der Waals surface area contributed by atoms with E-state index < -0.39 is 23.4 Å². The molecule has 0 saturated carbocycles. The Balaban J connectivity index is 1.93. The summed E-state index contributed by atoms with van der Waals surface area (Å²) in [4.78, 5) is 22.8. The Hall–Kier alpha value is -2.62. The number of thioether (sulfide) groups is 1. The predicted molar refractivity (Wildman–Crippen MR) is 85.6 cm³/mol. The molecule has 0 saturated heterocycles. The summed E-state index contributed by atoms with van der Waals surface area (Å²) < 4.78 is 28.2. The molecule has 0 aliphatic carbocycles. The number of benzene rings is 1. The van der Waals surface area contributed by atoms with Gasteiger partial charge in [-0.25, -0.2) is 9.18 Å². The number of aromatic nitrogens is 2. The molecule has 2 amide bonds. The first-order valence-electron chi connectivity index (χ1n) is 7.20.